The van der Waals surface area contributed by atoms with Gasteiger partial charge in [0.25, 0.3) is 0 Å². The molecule has 0 radical (unpaired) electrons. The SMILES string of the molecule is CCCCCOCCOCCOCCOCCOCCOCCOCCOCCOCCOCCOCCCC. The zero-order valence-corrected chi connectivity index (χ0v) is 25.6. The van der Waals surface area contributed by atoms with Crippen molar-refractivity contribution in [3.8, 4) is 0 Å². The Bertz CT molecular complexity index is 395. The van der Waals surface area contributed by atoms with E-state index in [4.69, 9.17) is 52.1 Å². The maximum atomic E-state index is 5.48. The van der Waals surface area contributed by atoms with Gasteiger partial charge in [-0.15, -0.1) is 0 Å². The molecule has 0 aliphatic carbocycles. The molecule has 0 unspecified atom stereocenters. The van der Waals surface area contributed by atoms with E-state index < -0.39 is 0 Å². The third kappa shape index (κ3) is 37.6. The largest absolute Gasteiger partial charge is 0.379 e. The molecule has 0 N–H and O–H groups in total. The van der Waals surface area contributed by atoms with E-state index in [-0.39, 0.29) is 0 Å². The van der Waals surface area contributed by atoms with Crippen molar-refractivity contribution in [3.05, 3.63) is 0 Å². The molecule has 242 valence electrons. The van der Waals surface area contributed by atoms with E-state index in [1.165, 1.54) is 12.8 Å². The van der Waals surface area contributed by atoms with Gasteiger partial charge in [0.05, 0.1) is 132 Å². The lowest BCUT2D eigenvalue weighted by atomic mass is 10.3. The summed E-state index contributed by atoms with van der Waals surface area (Å²) in [6.45, 7) is 17.1. The number of unbranched alkanes of at least 4 members (excludes halogenated alkanes) is 3. The lowest BCUT2D eigenvalue weighted by Crippen LogP contribution is -2.15. The zero-order chi connectivity index (χ0) is 28.9. The van der Waals surface area contributed by atoms with Gasteiger partial charge in [-0.25, -0.2) is 0 Å². The fourth-order valence-corrected chi connectivity index (χ4v) is 3.00. The Balaban J connectivity index is 3.01. The van der Waals surface area contributed by atoms with E-state index >= 15 is 0 Å². The first-order valence-corrected chi connectivity index (χ1v) is 15.3. The summed E-state index contributed by atoms with van der Waals surface area (Å²) in [7, 11) is 0. The van der Waals surface area contributed by atoms with Crippen LogP contribution < -0.4 is 0 Å². The molecular formula is C29H60O11. The van der Waals surface area contributed by atoms with E-state index in [1.54, 1.807) is 0 Å². The standard InChI is InChI=1S/C29H60O11/c1-3-5-7-9-31-11-13-33-15-17-35-19-21-37-23-25-39-27-29-40-28-26-38-24-22-36-20-18-34-16-14-32-12-10-30-8-6-4-2/h3-29H2,1-2H3. The summed E-state index contributed by atoms with van der Waals surface area (Å²) in [5.41, 5.74) is 0. The lowest BCUT2D eigenvalue weighted by molar-refractivity contribution is -0.0275. The fourth-order valence-electron chi connectivity index (χ4n) is 3.00. The van der Waals surface area contributed by atoms with Gasteiger partial charge in [-0.1, -0.05) is 33.1 Å². The van der Waals surface area contributed by atoms with Gasteiger partial charge in [0.1, 0.15) is 0 Å². The molecule has 0 saturated heterocycles. The summed E-state index contributed by atoms with van der Waals surface area (Å²) in [5.74, 6) is 0. The smallest absolute Gasteiger partial charge is 0.0701 e. The van der Waals surface area contributed by atoms with Gasteiger partial charge in [-0.05, 0) is 12.8 Å². The molecule has 0 aromatic rings. The number of hydrogen-bond acceptors (Lipinski definition) is 11. The second-order valence-electron chi connectivity index (χ2n) is 8.80. The third-order valence-corrected chi connectivity index (χ3v) is 5.25. The summed E-state index contributed by atoms with van der Waals surface area (Å²) in [4.78, 5) is 0. The van der Waals surface area contributed by atoms with Gasteiger partial charge >= 0.3 is 0 Å². The molecule has 0 heterocycles. The van der Waals surface area contributed by atoms with Gasteiger partial charge in [0.15, 0.2) is 0 Å². The summed E-state index contributed by atoms with van der Waals surface area (Å²) >= 11 is 0. The van der Waals surface area contributed by atoms with Crippen LogP contribution in [0.15, 0.2) is 0 Å². The van der Waals surface area contributed by atoms with Gasteiger partial charge < -0.3 is 52.1 Å². The minimum absolute atomic E-state index is 0.527. The molecule has 0 rings (SSSR count). The Morgan fingerprint density at radius 2 is 0.375 bits per heavy atom. The highest BCUT2D eigenvalue weighted by molar-refractivity contribution is 4.40. The molecule has 0 atom stereocenters. The average Bonchev–Trinajstić information content (AvgIpc) is 2.97. The first-order valence-electron chi connectivity index (χ1n) is 15.3. The third-order valence-electron chi connectivity index (χ3n) is 5.25. The Hall–Kier alpha value is -0.440. The molecule has 40 heavy (non-hydrogen) atoms. The Kier molecular flexibility index (Phi) is 38.1. The van der Waals surface area contributed by atoms with Crippen molar-refractivity contribution >= 4 is 0 Å². The van der Waals surface area contributed by atoms with Gasteiger partial charge in [-0.2, -0.15) is 0 Å². The monoisotopic (exact) mass is 584 g/mol. The first kappa shape index (κ1) is 39.6. The summed E-state index contributed by atoms with van der Waals surface area (Å²) < 4.78 is 60.1. The van der Waals surface area contributed by atoms with Crippen molar-refractivity contribution < 1.29 is 52.1 Å². The van der Waals surface area contributed by atoms with Crippen LogP contribution in [0.4, 0.5) is 0 Å². The summed E-state index contributed by atoms with van der Waals surface area (Å²) in [6.07, 6.45) is 5.80. The predicted molar refractivity (Wildman–Crippen MR) is 153 cm³/mol. The molecule has 0 aliphatic heterocycles. The summed E-state index contributed by atoms with van der Waals surface area (Å²) in [5, 5.41) is 0. The van der Waals surface area contributed by atoms with Crippen molar-refractivity contribution in [2.45, 2.75) is 46.0 Å². The van der Waals surface area contributed by atoms with Crippen LogP contribution in [-0.4, -0.2) is 145 Å². The molecule has 0 saturated carbocycles. The molecule has 11 heteroatoms. The highest BCUT2D eigenvalue weighted by Gasteiger charge is 1.96. The molecule has 0 fully saturated rings. The lowest BCUT2D eigenvalue weighted by Gasteiger charge is -2.09. The van der Waals surface area contributed by atoms with Crippen molar-refractivity contribution in [2.24, 2.45) is 0 Å². The van der Waals surface area contributed by atoms with Gasteiger partial charge in [0, 0.05) is 13.2 Å². The van der Waals surface area contributed by atoms with E-state index in [0.717, 1.165) is 32.5 Å². The molecule has 0 aromatic carbocycles. The van der Waals surface area contributed by atoms with Crippen LogP contribution in [0.25, 0.3) is 0 Å². The first-order chi connectivity index (χ1) is 19.9. The Labute approximate surface area is 243 Å². The highest BCUT2D eigenvalue weighted by atomic mass is 16.6. The van der Waals surface area contributed by atoms with E-state index in [0.29, 0.717) is 132 Å². The fraction of sp³-hybridized carbons (Fsp3) is 1.00. The quantitative estimate of drug-likeness (QED) is 0.101. The minimum atomic E-state index is 0.527. The van der Waals surface area contributed by atoms with Crippen molar-refractivity contribution in [1.29, 1.82) is 0 Å². The second-order valence-corrected chi connectivity index (χ2v) is 8.80. The zero-order valence-electron chi connectivity index (χ0n) is 25.6. The molecule has 0 bridgehead atoms. The van der Waals surface area contributed by atoms with E-state index in [9.17, 15) is 0 Å². The van der Waals surface area contributed by atoms with Crippen LogP contribution in [0.5, 0.6) is 0 Å². The van der Waals surface area contributed by atoms with Crippen LogP contribution in [0.2, 0.25) is 0 Å². The van der Waals surface area contributed by atoms with Crippen LogP contribution in [0, 0.1) is 0 Å². The average molecular weight is 585 g/mol. The van der Waals surface area contributed by atoms with Crippen molar-refractivity contribution in [3.63, 3.8) is 0 Å². The van der Waals surface area contributed by atoms with E-state index in [1.807, 2.05) is 0 Å². The van der Waals surface area contributed by atoms with E-state index in [2.05, 4.69) is 13.8 Å². The maximum absolute atomic E-state index is 5.48. The second kappa shape index (κ2) is 38.6. The molecule has 0 aliphatic rings. The Morgan fingerprint density at radius 3 is 0.575 bits per heavy atom. The number of hydrogen-bond donors (Lipinski definition) is 0. The molecule has 0 amide bonds. The molecule has 11 nitrogen and oxygen atoms in total. The minimum Gasteiger partial charge on any atom is -0.379 e. The molecular weight excluding hydrogens is 524 g/mol. The molecule has 0 aromatic heterocycles. The highest BCUT2D eigenvalue weighted by Crippen LogP contribution is 1.94. The van der Waals surface area contributed by atoms with Crippen LogP contribution in [0.1, 0.15) is 46.0 Å². The van der Waals surface area contributed by atoms with Crippen LogP contribution in [0.3, 0.4) is 0 Å². The van der Waals surface area contributed by atoms with Gasteiger partial charge in [-0.3, -0.25) is 0 Å². The van der Waals surface area contributed by atoms with Crippen molar-refractivity contribution in [1.82, 2.24) is 0 Å². The molecule has 0 spiro atoms. The van der Waals surface area contributed by atoms with Crippen molar-refractivity contribution in [2.75, 3.05) is 145 Å². The Morgan fingerprint density at radius 1 is 0.200 bits per heavy atom. The predicted octanol–water partition coefficient (Wildman–Crippen LogP) is 3.16. The number of rotatable bonds is 37. The van der Waals surface area contributed by atoms with Crippen LogP contribution >= 0.6 is 0 Å². The van der Waals surface area contributed by atoms with Gasteiger partial charge in [0.2, 0.25) is 0 Å². The normalized spacial score (nSPS) is 11.6. The number of ether oxygens (including phenoxy) is 11. The topological polar surface area (TPSA) is 102 Å². The summed E-state index contributed by atoms with van der Waals surface area (Å²) in [6, 6.07) is 0. The van der Waals surface area contributed by atoms with Crippen LogP contribution in [-0.2, 0) is 52.1 Å². The maximum Gasteiger partial charge on any atom is 0.0701 e.